The van der Waals surface area contributed by atoms with Crippen molar-refractivity contribution in [1.29, 1.82) is 5.26 Å². The summed E-state index contributed by atoms with van der Waals surface area (Å²) in [5.74, 6) is -4.84. The largest absolute Gasteiger partial charge is 0.471 e. The number of carbonyl (C=O) groups is 3. The summed E-state index contributed by atoms with van der Waals surface area (Å²) in [6.07, 6.45) is -1.98. The summed E-state index contributed by atoms with van der Waals surface area (Å²) in [5.41, 5.74) is -0.837. The number of hydrogen-bond donors (Lipinski definition) is 2. The molecule has 3 amide bonds. The number of amides is 3. The zero-order chi connectivity index (χ0) is 53.1. The lowest BCUT2D eigenvalue weighted by atomic mass is 9.75. The summed E-state index contributed by atoms with van der Waals surface area (Å²) < 4.78 is 113. The molecule has 3 aromatic rings. The third-order valence-corrected chi connectivity index (χ3v) is 15.8. The highest BCUT2D eigenvalue weighted by atomic mass is 31.2. The SMILES string of the molecule is Cc1ccc(C(=O)NCCCCCCOP(OCCC#N)N(C(C)C)C(C)C)cc1C1(OCO)c2ccc(N(C(=O)C(F)(F)F)C3CCCCC3)cc2Oc2cc(N(C(=O)C(F)(F)F)C3CCCCC3)ccc21. The number of anilines is 2. The van der Waals surface area contributed by atoms with E-state index < -0.39 is 63.1 Å². The molecule has 13 nitrogen and oxygen atoms in total. The van der Waals surface area contributed by atoms with Gasteiger partial charge in [-0.25, -0.2) is 4.67 Å². The number of aliphatic hydroxyl groups excluding tert-OH is 1. The van der Waals surface area contributed by atoms with Crippen LogP contribution in [0.15, 0.2) is 54.6 Å². The minimum atomic E-state index is -5.23. The van der Waals surface area contributed by atoms with Gasteiger partial charge in [-0.15, -0.1) is 0 Å². The molecule has 2 saturated carbocycles. The standard InChI is InChI=1S/C53H68F6N5O8P/c1-35(2)64(36(3)4)73(71-30-16-27-60)70-29-15-7-6-14-28-61-48(66)38-22-21-37(5)45(31-38)51(69-34-65)43-25-23-41(62(49(67)52(54,55)56)39-17-10-8-11-18-39)32-46(43)72-47-33-42(24-26-44(47)51)63(50(68)53(57,58)59)40-19-12-9-13-20-40/h21-26,31-33,35-36,39-40,65H,6-20,28-30,34H2,1-5H3,(H,61,66). The number of aliphatic hydroxyl groups is 1. The Morgan fingerprint density at radius 1 is 0.740 bits per heavy atom. The zero-order valence-electron chi connectivity index (χ0n) is 42.2. The van der Waals surface area contributed by atoms with Crippen molar-refractivity contribution in [2.45, 2.75) is 173 Å². The van der Waals surface area contributed by atoms with Crippen molar-refractivity contribution in [3.63, 3.8) is 0 Å². The number of nitrogens with zero attached hydrogens (tertiary/aromatic N) is 4. The van der Waals surface area contributed by atoms with Gasteiger partial charge in [0.15, 0.2) is 5.60 Å². The number of rotatable bonds is 22. The molecule has 2 fully saturated rings. The van der Waals surface area contributed by atoms with Crippen LogP contribution in [0.3, 0.4) is 0 Å². The molecule has 6 rings (SSSR count). The Labute approximate surface area is 425 Å². The Hall–Kier alpha value is -4.83. The van der Waals surface area contributed by atoms with E-state index in [0.717, 1.165) is 41.9 Å². The van der Waals surface area contributed by atoms with E-state index in [9.17, 15) is 45.8 Å². The van der Waals surface area contributed by atoms with Gasteiger partial charge >= 0.3 is 24.2 Å². The van der Waals surface area contributed by atoms with Gasteiger partial charge in [-0.2, -0.15) is 31.6 Å². The second kappa shape index (κ2) is 25.6. The van der Waals surface area contributed by atoms with E-state index in [1.807, 2.05) is 0 Å². The first-order chi connectivity index (χ1) is 34.7. The molecular weight excluding hydrogens is 980 g/mol. The molecule has 0 aromatic heterocycles. The van der Waals surface area contributed by atoms with E-state index in [2.05, 4.69) is 43.8 Å². The minimum Gasteiger partial charge on any atom is -0.456 e. The number of hydrogen-bond acceptors (Lipinski definition) is 10. The Balaban J connectivity index is 1.32. The van der Waals surface area contributed by atoms with Gasteiger partial charge in [-0.1, -0.05) is 57.4 Å². The number of carbonyl (C=O) groups excluding carboxylic acids is 3. The molecule has 1 atom stereocenters. The van der Waals surface area contributed by atoms with Gasteiger partial charge in [0.05, 0.1) is 25.7 Å². The quantitative estimate of drug-likeness (QED) is 0.0430. The summed E-state index contributed by atoms with van der Waals surface area (Å²) in [6, 6.07) is 13.8. The van der Waals surface area contributed by atoms with Crippen LogP contribution in [0.1, 0.15) is 157 Å². The van der Waals surface area contributed by atoms with Crippen LogP contribution >= 0.6 is 8.53 Å². The van der Waals surface area contributed by atoms with Crippen molar-refractivity contribution in [2.75, 3.05) is 36.4 Å². The predicted molar refractivity (Wildman–Crippen MR) is 265 cm³/mol. The van der Waals surface area contributed by atoms with Crippen LogP contribution in [0, 0.1) is 18.3 Å². The van der Waals surface area contributed by atoms with Gasteiger partial charge in [0.2, 0.25) is 0 Å². The van der Waals surface area contributed by atoms with Crippen molar-refractivity contribution in [3.05, 3.63) is 82.4 Å². The second-order valence-electron chi connectivity index (χ2n) is 19.4. The summed E-state index contributed by atoms with van der Waals surface area (Å²) >= 11 is 0. The van der Waals surface area contributed by atoms with Gasteiger partial charge in [0.1, 0.15) is 18.3 Å². The van der Waals surface area contributed by atoms with E-state index in [-0.39, 0.29) is 64.7 Å². The molecule has 2 N–H and O–H groups in total. The molecule has 3 aliphatic rings. The molecule has 73 heavy (non-hydrogen) atoms. The fourth-order valence-electron chi connectivity index (χ4n) is 10.4. The van der Waals surface area contributed by atoms with E-state index in [0.29, 0.717) is 82.1 Å². The number of unbranched alkanes of at least 4 members (excludes halogenated alkanes) is 3. The van der Waals surface area contributed by atoms with E-state index in [4.69, 9.17) is 23.8 Å². The molecule has 1 heterocycles. The fraction of sp³-hybridized carbons (Fsp3) is 0.585. The highest BCUT2D eigenvalue weighted by molar-refractivity contribution is 7.44. The first-order valence-corrected chi connectivity index (χ1v) is 26.5. The number of nitrogens with one attached hydrogen (secondary N) is 1. The normalized spacial score (nSPS) is 16.6. The van der Waals surface area contributed by atoms with E-state index in [1.165, 1.54) is 36.4 Å². The number of aryl methyl sites for hydroxylation is 1. The topological polar surface area (TPSA) is 154 Å². The maximum absolute atomic E-state index is 14.3. The van der Waals surface area contributed by atoms with Crippen molar-refractivity contribution >= 4 is 37.6 Å². The molecule has 0 saturated heterocycles. The lowest BCUT2D eigenvalue weighted by molar-refractivity contribution is -0.171. The number of alkyl halides is 6. The van der Waals surface area contributed by atoms with Crippen LogP contribution < -0.4 is 19.9 Å². The molecule has 0 bridgehead atoms. The summed E-state index contributed by atoms with van der Waals surface area (Å²) in [7, 11) is -1.36. The van der Waals surface area contributed by atoms with Crippen LogP contribution in [0.2, 0.25) is 0 Å². The number of benzene rings is 3. The Kier molecular flexibility index (Phi) is 20.2. The molecule has 0 radical (unpaired) electrons. The second-order valence-corrected chi connectivity index (χ2v) is 20.9. The van der Waals surface area contributed by atoms with Crippen molar-refractivity contribution in [3.8, 4) is 17.6 Å². The van der Waals surface area contributed by atoms with Crippen molar-refractivity contribution < 1.29 is 64.4 Å². The third-order valence-electron chi connectivity index (χ3n) is 13.6. The average molecular weight is 1050 g/mol. The lowest BCUT2D eigenvalue weighted by Crippen LogP contribution is -2.48. The van der Waals surface area contributed by atoms with Gasteiger partial charge < -0.3 is 38.7 Å². The Morgan fingerprint density at radius 3 is 1.73 bits per heavy atom. The molecular formula is C53H68F6N5O8P. The van der Waals surface area contributed by atoms with Crippen LogP contribution in [-0.4, -0.2) is 90.6 Å². The average Bonchev–Trinajstić information content (AvgIpc) is 3.34. The number of nitriles is 1. The summed E-state index contributed by atoms with van der Waals surface area (Å²) in [6.45, 7) is 10.1. The Bertz CT molecular complexity index is 2300. The monoisotopic (exact) mass is 1050 g/mol. The first-order valence-electron chi connectivity index (χ1n) is 25.4. The summed E-state index contributed by atoms with van der Waals surface area (Å²) in [5, 5.41) is 22.7. The van der Waals surface area contributed by atoms with Gasteiger partial charge in [-0.05, 0) is 121 Å². The maximum atomic E-state index is 14.3. The zero-order valence-corrected chi connectivity index (χ0v) is 43.1. The highest BCUT2D eigenvalue weighted by Crippen LogP contribution is 2.55. The van der Waals surface area contributed by atoms with Crippen molar-refractivity contribution in [1.82, 2.24) is 9.99 Å². The Morgan fingerprint density at radius 2 is 1.25 bits per heavy atom. The van der Waals surface area contributed by atoms with E-state index >= 15 is 0 Å². The van der Waals surface area contributed by atoms with Gasteiger partial charge in [0, 0.05) is 70.9 Å². The van der Waals surface area contributed by atoms with Crippen LogP contribution in [-0.2, 0) is 29.0 Å². The number of ether oxygens (including phenoxy) is 2. The molecule has 0 spiro atoms. The fourth-order valence-corrected chi connectivity index (χ4v) is 12.0. The lowest BCUT2D eigenvalue weighted by Gasteiger charge is -2.42. The van der Waals surface area contributed by atoms with Crippen LogP contribution in [0.4, 0.5) is 37.7 Å². The molecule has 20 heteroatoms. The van der Waals surface area contributed by atoms with Crippen molar-refractivity contribution in [2.24, 2.45) is 0 Å². The molecule has 1 aliphatic heterocycles. The molecule has 3 aromatic carbocycles. The number of fused-ring (bicyclic) bond motifs is 2. The predicted octanol–water partition coefficient (Wildman–Crippen LogP) is 12.4. The molecule has 1 unspecified atom stereocenters. The minimum absolute atomic E-state index is 0.127. The molecule has 400 valence electrons. The number of halogens is 6. The smallest absolute Gasteiger partial charge is 0.456 e. The molecule has 2 aliphatic carbocycles. The first kappa shape index (κ1) is 57.4. The van der Waals surface area contributed by atoms with Gasteiger partial charge in [-0.3, -0.25) is 14.4 Å². The third kappa shape index (κ3) is 13.7. The maximum Gasteiger partial charge on any atom is 0.471 e. The van der Waals surface area contributed by atoms with Crippen LogP contribution in [0.25, 0.3) is 0 Å². The van der Waals surface area contributed by atoms with E-state index in [1.54, 1.807) is 25.1 Å². The summed E-state index contributed by atoms with van der Waals surface area (Å²) in [4.78, 5) is 41.8. The van der Waals surface area contributed by atoms with Gasteiger partial charge in [0.25, 0.3) is 14.4 Å². The highest BCUT2D eigenvalue weighted by Gasteiger charge is 2.50. The van der Waals surface area contributed by atoms with Crippen LogP contribution in [0.5, 0.6) is 11.5 Å².